The van der Waals surface area contributed by atoms with Gasteiger partial charge in [0.1, 0.15) is 6.42 Å². The lowest BCUT2D eigenvalue weighted by atomic mass is 10.1. The molecular formula is C13H26N2O2. The van der Waals surface area contributed by atoms with E-state index in [0.717, 1.165) is 12.8 Å². The summed E-state index contributed by atoms with van der Waals surface area (Å²) in [5.74, 6) is 0.685. The molecule has 0 saturated heterocycles. The van der Waals surface area contributed by atoms with E-state index in [1.807, 2.05) is 13.8 Å². The Morgan fingerprint density at radius 3 is 2.06 bits per heavy atom. The van der Waals surface area contributed by atoms with Crippen LogP contribution in [0.25, 0.3) is 0 Å². The summed E-state index contributed by atoms with van der Waals surface area (Å²) in [7, 11) is 0. The number of hydrogen-bond acceptors (Lipinski definition) is 2. The fraction of sp³-hybridized carbons (Fsp3) is 0.846. The van der Waals surface area contributed by atoms with Crippen LogP contribution in [0.4, 0.5) is 0 Å². The van der Waals surface area contributed by atoms with Gasteiger partial charge < -0.3 is 10.6 Å². The molecule has 0 rings (SSSR count). The highest BCUT2D eigenvalue weighted by molar-refractivity contribution is 5.96. The maximum absolute atomic E-state index is 11.4. The van der Waals surface area contributed by atoms with E-state index >= 15 is 0 Å². The average molecular weight is 242 g/mol. The highest BCUT2D eigenvalue weighted by Gasteiger charge is 2.08. The SMILES string of the molecule is CC(C)CCCNC(=O)CC(=O)NCC(C)C. The first-order valence-corrected chi connectivity index (χ1v) is 6.45. The van der Waals surface area contributed by atoms with Crippen LogP contribution in [0, 0.1) is 11.8 Å². The third-order valence-electron chi connectivity index (χ3n) is 2.31. The predicted molar refractivity (Wildman–Crippen MR) is 69.5 cm³/mol. The monoisotopic (exact) mass is 242 g/mol. The van der Waals surface area contributed by atoms with Gasteiger partial charge in [-0.15, -0.1) is 0 Å². The van der Waals surface area contributed by atoms with Crippen molar-refractivity contribution >= 4 is 11.8 Å². The van der Waals surface area contributed by atoms with Crippen LogP contribution in [0.3, 0.4) is 0 Å². The predicted octanol–water partition coefficient (Wildman–Crippen LogP) is 1.70. The number of rotatable bonds is 8. The molecule has 0 aliphatic heterocycles. The zero-order valence-corrected chi connectivity index (χ0v) is 11.5. The molecule has 4 heteroatoms. The summed E-state index contributed by atoms with van der Waals surface area (Å²) in [6.07, 6.45) is 2.01. The maximum Gasteiger partial charge on any atom is 0.229 e. The minimum absolute atomic E-state index is 0.0611. The fourth-order valence-electron chi connectivity index (χ4n) is 1.33. The van der Waals surface area contributed by atoms with Gasteiger partial charge in [0, 0.05) is 13.1 Å². The van der Waals surface area contributed by atoms with Crippen molar-refractivity contribution in [3.63, 3.8) is 0 Å². The van der Waals surface area contributed by atoms with Gasteiger partial charge in [-0.05, 0) is 24.7 Å². The van der Waals surface area contributed by atoms with Crippen LogP contribution >= 0.6 is 0 Å². The van der Waals surface area contributed by atoms with E-state index in [2.05, 4.69) is 24.5 Å². The lowest BCUT2D eigenvalue weighted by Gasteiger charge is -2.08. The third-order valence-corrected chi connectivity index (χ3v) is 2.31. The fourth-order valence-corrected chi connectivity index (χ4v) is 1.33. The van der Waals surface area contributed by atoms with Crippen LogP contribution in [-0.4, -0.2) is 24.9 Å². The molecule has 0 spiro atoms. The minimum Gasteiger partial charge on any atom is -0.356 e. The molecule has 0 unspecified atom stereocenters. The average Bonchev–Trinajstić information content (AvgIpc) is 2.21. The van der Waals surface area contributed by atoms with E-state index in [-0.39, 0.29) is 18.2 Å². The smallest absolute Gasteiger partial charge is 0.229 e. The van der Waals surface area contributed by atoms with Crippen molar-refractivity contribution in [3.05, 3.63) is 0 Å². The highest BCUT2D eigenvalue weighted by Crippen LogP contribution is 2.01. The number of carbonyl (C=O) groups is 2. The largest absolute Gasteiger partial charge is 0.356 e. The number of carbonyl (C=O) groups excluding carboxylic acids is 2. The lowest BCUT2D eigenvalue weighted by Crippen LogP contribution is -2.34. The first-order valence-electron chi connectivity index (χ1n) is 6.45. The van der Waals surface area contributed by atoms with Crippen LogP contribution in [-0.2, 0) is 9.59 Å². The van der Waals surface area contributed by atoms with E-state index in [9.17, 15) is 9.59 Å². The molecule has 0 aliphatic rings. The van der Waals surface area contributed by atoms with Crippen LogP contribution in [0.1, 0.15) is 47.0 Å². The van der Waals surface area contributed by atoms with Crippen molar-refractivity contribution in [2.75, 3.05) is 13.1 Å². The molecule has 0 aromatic rings. The molecular weight excluding hydrogens is 216 g/mol. The summed E-state index contributed by atoms with van der Waals surface area (Å²) in [4.78, 5) is 22.7. The van der Waals surface area contributed by atoms with E-state index < -0.39 is 0 Å². The molecule has 2 amide bonds. The van der Waals surface area contributed by atoms with Crippen molar-refractivity contribution in [2.24, 2.45) is 11.8 Å². The Morgan fingerprint density at radius 1 is 0.941 bits per heavy atom. The molecule has 0 saturated carbocycles. The Bertz CT molecular complexity index is 238. The summed E-state index contributed by atoms with van der Waals surface area (Å²) in [5, 5.41) is 5.48. The zero-order chi connectivity index (χ0) is 13.3. The Balaban J connectivity index is 3.54. The first-order chi connectivity index (χ1) is 7.91. The first kappa shape index (κ1) is 15.9. The Kier molecular flexibility index (Phi) is 8.46. The third kappa shape index (κ3) is 11.2. The summed E-state index contributed by atoms with van der Waals surface area (Å²) in [6.45, 7) is 9.63. The van der Waals surface area contributed by atoms with Gasteiger partial charge in [-0.3, -0.25) is 9.59 Å². The molecule has 0 fully saturated rings. The molecule has 0 aromatic carbocycles. The van der Waals surface area contributed by atoms with Crippen molar-refractivity contribution in [1.29, 1.82) is 0 Å². The Labute approximate surface area is 105 Å². The number of amides is 2. The van der Waals surface area contributed by atoms with Crippen LogP contribution < -0.4 is 10.6 Å². The quantitative estimate of drug-likeness (QED) is 0.503. The molecule has 0 heterocycles. The van der Waals surface area contributed by atoms with Crippen LogP contribution in [0.15, 0.2) is 0 Å². The Morgan fingerprint density at radius 2 is 1.53 bits per heavy atom. The van der Waals surface area contributed by atoms with E-state index in [4.69, 9.17) is 0 Å². The standard InChI is InChI=1S/C13H26N2O2/c1-10(2)6-5-7-14-12(16)8-13(17)15-9-11(3)4/h10-11H,5-9H2,1-4H3,(H,14,16)(H,15,17). The molecule has 17 heavy (non-hydrogen) atoms. The highest BCUT2D eigenvalue weighted by atomic mass is 16.2. The van der Waals surface area contributed by atoms with Gasteiger partial charge in [0.2, 0.25) is 11.8 Å². The molecule has 0 radical (unpaired) electrons. The summed E-state index contributed by atoms with van der Waals surface area (Å²) >= 11 is 0. The molecule has 0 aliphatic carbocycles. The second-order valence-electron chi connectivity index (χ2n) is 5.26. The van der Waals surface area contributed by atoms with Gasteiger partial charge in [-0.2, -0.15) is 0 Å². The van der Waals surface area contributed by atoms with Gasteiger partial charge in [0.05, 0.1) is 0 Å². The second-order valence-corrected chi connectivity index (χ2v) is 5.26. The van der Waals surface area contributed by atoms with Crippen LogP contribution in [0.5, 0.6) is 0 Å². The molecule has 0 atom stereocenters. The summed E-state index contributed by atoms with van der Waals surface area (Å²) in [5.41, 5.74) is 0. The second kappa shape index (κ2) is 9.02. The van der Waals surface area contributed by atoms with E-state index in [1.54, 1.807) is 0 Å². The van der Waals surface area contributed by atoms with Crippen LogP contribution in [0.2, 0.25) is 0 Å². The van der Waals surface area contributed by atoms with Gasteiger partial charge >= 0.3 is 0 Å². The summed E-state index contributed by atoms with van der Waals surface area (Å²) in [6, 6.07) is 0. The van der Waals surface area contributed by atoms with Crippen molar-refractivity contribution < 1.29 is 9.59 Å². The summed E-state index contributed by atoms with van der Waals surface area (Å²) < 4.78 is 0. The van der Waals surface area contributed by atoms with Gasteiger partial charge in [-0.1, -0.05) is 27.7 Å². The molecule has 0 aromatic heterocycles. The maximum atomic E-state index is 11.4. The molecule has 100 valence electrons. The number of nitrogens with one attached hydrogen (secondary N) is 2. The van der Waals surface area contributed by atoms with Gasteiger partial charge in [-0.25, -0.2) is 0 Å². The topological polar surface area (TPSA) is 58.2 Å². The van der Waals surface area contributed by atoms with E-state index in [1.165, 1.54) is 0 Å². The van der Waals surface area contributed by atoms with Gasteiger partial charge in [0.25, 0.3) is 0 Å². The van der Waals surface area contributed by atoms with E-state index in [0.29, 0.717) is 24.9 Å². The van der Waals surface area contributed by atoms with Crippen molar-refractivity contribution in [2.45, 2.75) is 47.0 Å². The van der Waals surface area contributed by atoms with Crippen molar-refractivity contribution in [3.8, 4) is 0 Å². The Hall–Kier alpha value is -1.06. The van der Waals surface area contributed by atoms with Gasteiger partial charge in [0.15, 0.2) is 0 Å². The molecule has 4 nitrogen and oxygen atoms in total. The minimum atomic E-state index is -0.194. The lowest BCUT2D eigenvalue weighted by molar-refractivity contribution is -0.129. The molecule has 2 N–H and O–H groups in total. The zero-order valence-electron chi connectivity index (χ0n) is 11.5. The number of hydrogen-bond donors (Lipinski definition) is 2. The normalized spacial score (nSPS) is 10.7. The molecule has 0 bridgehead atoms. The van der Waals surface area contributed by atoms with Crippen molar-refractivity contribution in [1.82, 2.24) is 10.6 Å².